The highest BCUT2D eigenvalue weighted by Gasteiger charge is 2.24. The van der Waals surface area contributed by atoms with Crippen LogP contribution < -0.4 is 0 Å². The average molecular weight is 192 g/mol. The summed E-state index contributed by atoms with van der Waals surface area (Å²) in [5.41, 5.74) is 1.48. The fourth-order valence-corrected chi connectivity index (χ4v) is 1.95. The molecular weight excluding hydrogens is 172 g/mol. The van der Waals surface area contributed by atoms with E-state index in [1.165, 1.54) is 18.5 Å². The zero-order valence-electron chi connectivity index (χ0n) is 9.24. The molecule has 1 aromatic rings. The number of hydrogen-bond acceptors (Lipinski definition) is 1. The molecule has 0 saturated heterocycles. The zero-order valence-corrected chi connectivity index (χ0v) is 9.24. The van der Waals surface area contributed by atoms with Crippen LogP contribution in [0.1, 0.15) is 38.4 Å². The van der Waals surface area contributed by atoms with Crippen molar-refractivity contribution >= 4 is 0 Å². The van der Waals surface area contributed by atoms with Crippen LogP contribution in [-0.4, -0.2) is 22.6 Å². The summed E-state index contributed by atoms with van der Waals surface area (Å²) in [5.74, 6) is 0. The van der Waals surface area contributed by atoms with Crippen LogP contribution in [0.4, 0.5) is 0 Å². The van der Waals surface area contributed by atoms with Crippen molar-refractivity contribution in [2.45, 2.75) is 39.3 Å². The van der Waals surface area contributed by atoms with Gasteiger partial charge < -0.3 is 4.57 Å². The first-order valence-electron chi connectivity index (χ1n) is 5.73. The van der Waals surface area contributed by atoms with Crippen LogP contribution in [-0.2, 0) is 6.54 Å². The Kier molecular flexibility index (Phi) is 2.92. The molecule has 0 atom stereocenters. The highest BCUT2D eigenvalue weighted by atomic mass is 15.1. The normalized spacial score (nSPS) is 16.5. The van der Waals surface area contributed by atoms with E-state index in [9.17, 15) is 0 Å². The molecule has 0 unspecified atom stereocenters. The number of rotatable bonds is 5. The Morgan fingerprint density at radius 3 is 2.64 bits per heavy atom. The summed E-state index contributed by atoms with van der Waals surface area (Å²) in [7, 11) is 0. The van der Waals surface area contributed by atoms with Gasteiger partial charge in [0, 0.05) is 24.5 Å². The second kappa shape index (κ2) is 4.18. The molecule has 1 fully saturated rings. The summed E-state index contributed by atoms with van der Waals surface area (Å²) in [5, 5.41) is 0. The molecule has 78 valence electrons. The van der Waals surface area contributed by atoms with Crippen molar-refractivity contribution in [1.29, 1.82) is 0 Å². The molecule has 0 bridgehead atoms. The highest BCUT2D eigenvalue weighted by Crippen LogP contribution is 2.36. The smallest absolute Gasteiger partial charge is 0.0386 e. The summed E-state index contributed by atoms with van der Waals surface area (Å²) in [6.45, 7) is 7.86. The summed E-state index contributed by atoms with van der Waals surface area (Å²) < 4.78 is 2.46. The first-order chi connectivity index (χ1) is 6.85. The summed E-state index contributed by atoms with van der Waals surface area (Å²) >= 11 is 0. The van der Waals surface area contributed by atoms with Crippen LogP contribution in [0.2, 0.25) is 0 Å². The topological polar surface area (TPSA) is 8.17 Å². The van der Waals surface area contributed by atoms with Crippen LogP contribution in [0.25, 0.3) is 0 Å². The van der Waals surface area contributed by atoms with Gasteiger partial charge in [-0.2, -0.15) is 0 Å². The van der Waals surface area contributed by atoms with E-state index in [0.29, 0.717) is 0 Å². The monoisotopic (exact) mass is 192 g/mol. The summed E-state index contributed by atoms with van der Waals surface area (Å²) in [6.07, 6.45) is 4.98. The lowest BCUT2D eigenvalue weighted by Gasteiger charge is -2.19. The van der Waals surface area contributed by atoms with Crippen molar-refractivity contribution in [2.75, 3.05) is 13.1 Å². The van der Waals surface area contributed by atoms with Crippen LogP contribution in [0.15, 0.2) is 18.3 Å². The van der Waals surface area contributed by atoms with E-state index in [0.717, 1.165) is 25.7 Å². The van der Waals surface area contributed by atoms with Crippen molar-refractivity contribution in [3.05, 3.63) is 24.0 Å². The van der Waals surface area contributed by atoms with E-state index in [1.54, 1.807) is 0 Å². The predicted octanol–water partition coefficient (Wildman–Crippen LogP) is 2.66. The Morgan fingerprint density at radius 2 is 2.07 bits per heavy atom. The van der Waals surface area contributed by atoms with Crippen LogP contribution in [0, 0.1) is 0 Å². The largest absolute Gasteiger partial charge is 0.347 e. The third-order valence-corrected chi connectivity index (χ3v) is 3.09. The quantitative estimate of drug-likeness (QED) is 0.696. The molecule has 14 heavy (non-hydrogen) atoms. The minimum Gasteiger partial charge on any atom is -0.347 e. The lowest BCUT2D eigenvalue weighted by Crippen LogP contribution is -2.23. The number of hydrogen-bond donors (Lipinski definition) is 0. The zero-order chi connectivity index (χ0) is 9.97. The predicted molar refractivity (Wildman–Crippen MR) is 59.3 cm³/mol. The van der Waals surface area contributed by atoms with Crippen molar-refractivity contribution in [3.63, 3.8) is 0 Å². The van der Waals surface area contributed by atoms with Gasteiger partial charge in [-0.05, 0) is 38.1 Å². The molecular formula is C12H20N2. The SMILES string of the molecule is CCN(CC)Cc1cccn1C1CC1. The standard InChI is InChI=1S/C12H20N2/c1-3-13(4-2)10-12-6-5-9-14(12)11-7-8-11/h5-6,9,11H,3-4,7-8,10H2,1-2H3. The summed E-state index contributed by atoms with van der Waals surface area (Å²) in [4.78, 5) is 2.47. The molecule has 2 heteroatoms. The molecule has 2 rings (SSSR count). The molecule has 1 aromatic heterocycles. The molecule has 0 N–H and O–H groups in total. The Morgan fingerprint density at radius 1 is 1.36 bits per heavy atom. The van der Waals surface area contributed by atoms with Gasteiger partial charge in [0.15, 0.2) is 0 Å². The van der Waals surface area contributed by atoms with E-state index in [1.807, 2.05) is 0 Å². The van der Waals surface area contributed by atoms with Gasteiger partial charge in [-0.3, -0.25) is 4.90 Å². The molecule has 1 aliphatic carbocycles. The van der Waals surface area contributed by atoms with E-state index < -0.39 is 0 Å². The Balaban J connectivity index is 2.03. The van der Waals surface area contributed by atoms with Crippen molar-refractivity contribution in [1.82, 2.24) is 9.47 Å². The van der Waals surface area contributed by atoms with Gasteiger partial charge in [-0.25, -0.2) is 0 Å². The fourth-order valence-electron chi connectivity index (χ4n) is 1.95. The maximum atomic E-state index is 2.47. The van der Waals surface area contributed by atoms with Gasteiger partial charge in [0.05, 0.1) is 0 Å². The van der Waals surface area contributed by atoms with Crippen LogP contribution >= 0.6 is 0 Å². The van der Waals surface area contributed by atoms with Crippen molar-refractivity contribution in [2.24, 2.45) is 0 Å². The second-order valence-electron chi connectivity index (χ2n) is 4.10. The lowest BCUT2D eigenvalue weighted by atomic mass is 10.3. The molecule has 0 amide bonds. The maximum Gasteiger partial charge on any atom is 0.0386 e. The molecule has 0 aromatic carbocycles. The first-order valence-corrected chi connectivity index (χ1v) is 5.73. The first kappa shape index (κ1) is 9.78. The van der Waals surface area contributed by atoms with Gasteiger partial charge in [-0.15, -0.1) is 0 Å². The van der Waals surface area contributed by atoms with Gasteiger partial charge in [-0.1, -0.05) is 13.8 Å². The minimum absolute atomic E-state index is 0.815. The van der Waals surface area contributed by atoms with Gasteiger partial charge in [0.1, 0.15) is 0 Å². The van der Waals surface area contributed by atoms with Crippen LogP contribution in [0.5, 0.6) is 0 Å². The van der Waals surface area contributed by atoms with Crippen LogP contribution in [0.3, 0.4) is 0 Å². The number of aromatic nitrogens is 1. The fraction of sp³-hybridized carbons (Fsp3) is 0.667. The molecule has 1 heterocycles. The third kappa shape index (κ3) is 2.01. The average Bonchev–Trinajstić information content (AvgIpc) is 2.95. The molecule has 0 radical (unpaired) electrons. The molecule has 0 aliphatic heterocycles. The van der Waals surface area contributed by atoms with E-state index in [-0.39, 0.29) is 0 Å². The Bertz CT molecular complexity index is 282. The lowest BCUT2D eigenvalue weighted by molar-refractivity contribution is 0.287. The molecule has 1 aliphatic rings. The second-order valence-corrected chi connectivity index (χ2v) is 4.10. The van der Waals surface area contributed by atoms with E-state index in [4.69, 9.17) is 0 Å². The van der Waals surface area contributed by atoms with Gasteiger partial charge >= 0.3 is 0 Å². The Hall–Kier alpha value is -0.760. The highest BCUT2D eigenvalue weighted by molar-refractivity contribution is 5.10. The maximum absolute atomic E-state index is 2.47. The third-order valence-electron chi connectivity index (χ3n) is 3.09. The van der Waals surface area contributed by atoms with Crippen molar-refractivity contribution < 1.29 is 0 Å². The minimum atomic E-state index is 0.815. The Labute approximate surface area is 86.5 Å². The van der Waals surface area contributed by atoms with Gasteiger partial charge in [0.2, 0.25) is 0 Å². The molecule has 0 spiro atoms. The molecule has 1 saturated carbocycles. The number of nitrogens with zero attached hydrogens (tertiary/aromatic N) is 2. The van der Waals surface area contributed by atoms with E-state index >= 15 is 0 Å². The summed E-state index contributed by atoms with van der Waals surface area (Å²) in [6, 6.07) is 5.25. The van der Waals surface area contributed by atoms with E-state index in [2.05, 4.69) is 41.6 Å². The molecule has 2 nitrogen and oxygen atoms in total. The van der Waals surface area contributed by atoms with Gasteiger partial charge in [0.25, 0.3) is 0 Å². The van der Waals surface area contributed by atoms with Crippen molar-refractivity contribution in [3.8, 4) is 0 Å².